The summed E-state index contributed by atoms with van der Waals surface area (Å²) < 4.78 is 6.46. The number of aromatic nitrogens is 4. The van der Waals surface area contributed by atoms with Crippen molar-refractivity contribution >= 4 is 17.1 Å². The number of fused-ring (bicyclic) bond motifs is 1. The second-order valence-corrected chi connectivity index (χ2v) is 6.45. The fourth-order valence-corrected chi connectivity index (χ4v) is 2.98. The van der Waals surface area contributed by atoms with E-state index in [1.54, 1.807) is 0 Å². The predicted molar refractivity (Wildman–Crippen MR) is 87.2 cm³/mol. The number of aliphatic hydroxyl groups is 7. The standard InChI is InChI=1S/C13H19N5O10/c14-10-15-7-6(8(21)16-10)17(3-12(23,24)13(25,26)27)11(22)18(7)9-5(20)1-4(2-19)28-9/h4-5,9,19-20,23-27H,1-3H2,(H3,14,15,16,21). The van der Waals surface area contributed by atoms with Crippen LogP contribution in [0.15, 0.2) is 9.59 Å². The zero-order valence-electron chi connectivity index (χ0n) is 14.1. The summed E-state index contributed by atoms with van der Waals surface area (Å²) in [5.41, 5.74) is 2.33. The van der Waals surface area contributed by atoms with Gasteiger partial charge in [-0.15, -0.1) is 0 Å². The topological polar surface area (TPSA) is 250 Å². The molecule has 15 nitrogen and oxygen atoms in total. The van der Waals surface area contributed by atoms with Gasteiger partial charge in [0.05, 0.1) is 19.3 Å². The molecule has 1 aliphatic heterocycles. The fraction of sp³-hybridized carbons (Fsp3) is 0.615. The molecule has 10 N–H and O–H groups in total. The minimum atomic E-state index is -4.04. The number of rotatable bonds is 5. The van der Waals surface area contributed by atoms with Gasteiger partial charge in [-0.05, 0) is 0 Å². The fourth-order valence-electron chi connectivity index (χ4n) is 2.98. The zero-order valence-corrected chi connectivity index (χ0v) is 14.1. The van der Waals surface area contributed by atoms with Crippen molar-refractivity contribution in [3.63, 3.8) is 0 Å². The van der Waals surface area contributed by atoms with E-state index < -0.39 is 71.7 Å². The quantitative estimate of drug-likeness (QED) is 0.211. The van der Waals surface area contributed by atoms with E-state index in [-0.39, 0.29) is 6.42 Å². The maximum Gasteiger partial charge on any atom is 0.334 e. The Balaban J connectivity index is 2.25. The van der Waals surface area contributed by atoms with Crippen molar-refractivity contribution in [2.24, 2.45) is 0 Å². The van der Waals surface area contributed by atoms with Crippen LogP contribution in [0.3, 0.4) is 0 Å². The molecule has 0 spiro atoms. The van der Waals surface area contributed by atoms with Gasteiger partial charge in [0.2, 0.25) is 5.95 Å². The van der Waals surface area contributed by atoms with Crippen LogP contribution in [0.2, 0.25) is 0 Å². The summed E-state index contributed by atoms with van der Waals surface area (Å²) in [6.45, 7) is -1.84. The molecule has 156 valence electrons. The lowest BCUT2D eigenvalue weighted by Crippen LogP contribution is -2.57. The lowest BCUT2D eigenvalue weighted by atomic mass is 10.2. The smallest absolute Gasteiger partial charge is 0.334 e. The molecule has 0 saturated carbocycles. The third kappa shape index (κ3) is 3.19. The molecular weight excluding hydrogens is 386 g/mol. The Hall–Kier alpha value is -2.37. The number of nitrogen functional groups attached to an aromatic ring is 1. The molecule has 3 rings (SSSR count). The van der Waals surface area contributed by atoms with Crippen molar-refractivity contribution in [3.05, 3.63) is 20.8 Å². The van der Waals surface area contributed by atoms with Crippen LogP contribution in [0.25, 0.3) is 11.2 Å². The van der Waals surface area contributed by atoms with Crippen molar-refractivity contribution in [2.75, 3.05) is 12.3 Å². The highest BCUT2D eigenvalue weighted by atomic mass is 16.7. The maximum absolute atomic E-state index is 12.9. The Morgan fingerprint density at radius 1 is 1.25 bits per heavy atom. The number of nitrogens with two attached hydrogens (primary N) is 1. The molecule has 28 heavy (non-hydrogen) atoms. The Kier molecular flexibility index (Phi) is 4.80. The highest BCUT2D eigenvalue weighted by Gasteiger charge is 2.48. The molecule has 3 unspecified atom stereocenters. The van der Waals surface area contributed by atoms with Gasteiger partial charge in [-0.25, -0.2) is 9.36 Å². The molecule has 1 aliphatic rings. The number of anilines is 1. The number of aliphatic hydroxyl groups excluding tert-OH is 2. The molecule has 0 aromatic carbocycles. The number of aromatic amines is 1. The van der Waals surface area contributed by atoms with E-state index in [4.69, 9.17) is 25.8 Å². The molecule has 2 aromatic heterocycles. The van der Waals surface area contributed by atoms with E-state index >= 15 is 0 Å². The number of H-pyrrole nitrogens is 1. The molecule has 2 aromatic rings. The van der Waals surface area contributed by atoms with Crippen LogP contribution in [0.5, 0.6) is 0 Å². The average Bonchev–Trinajstić information content (AvgIpc) is 3.04. The van der Waals surface area contributed by atoms with Crippen LogP contribution in [-0.2, 0) is 11.3 Å². The van der Waals surface area contributed by atoms with Gasteiger partial charge >= 0.3 is 11.7 Å². The Labute approximate surface area is 154 Å². The van der Waals surface area contributed by atoms with Crippen LogP contribution in [0, 0.1) is 0 Å². The third-order valence-corrected chi connectivity index (χ3v) is 4.37. The normalized spacial score (nSPS) is 23.6. The van der Waals surface area contributed by atoms with E-state index in [1.165, 1.54) is 0 Å². The molecular formula is C13H19N5O10. The monoisotopic (exact) mass is 405 g/mol. The second kappa shape index (κ2) is 6.61. The van der Waals surface area contributed by atoms with Crippen molar-refractivity contribution in [1.29, 1.82) is 0 Å². The number of hydrogen-bond donors (Lipinski definition) is 9. The highest BCUT2D eigenvalue weighted by molar-refractivity contribution is 5.71. The summed E-state index contributed by atoms with van der Waals surface area (Å²) in [4.78, 5) is 31.0. The minimum Gasteiger partial charge on any atom is -0.394 e. The summed E-state index contributed by atoms with van der Waals surface area (Å²) in [7, 11) is 0. The van der Waals surface area contributed by atoms with Crippen LogP contribution < -0.4 is 17.0 Å². The van der Waals surface area contributed by atoms with Gasteiger partial charge in [0, 0.05) is 6.42 Å². The first-order valence-electron chi connectivity index (χ1n) is 7.94. The first-order chi connectivity index (χ1) is 12.9. The lowest BCUT2D eigenvalue weighted by molar-refractivity contribution is -0.449. The number of nitrogens with zero attached hydrogens (tertiary/aromatic N) is 3. The first-order valence-corrected chi connectivity index (χ1v) is 7.94. The van der Waals surface area contributed by atoms with Crippen molar-refractivity contribution < 1.29 is 40.5 Å². The van der Waals surface area contributed by atoms with Crippen LogP contribution in [0.1, 0.15) is 12.6 Å². The van der Waals surface area contributed by atoms with E-state index in [9.17, 15) is 30.0 Å². The molecule has 0 aliphatic carbocycles. The van der Waals surface area contributed by atoms with E-state index in [0.29, 0.717) is 9.13 Å². The van der Waals surface area contributed by atoms with Crippen LogP contribution in [-0.4, -0.2) is 85.4 Å². The van der Waals surface area contributed by atoms with Gasteiger partial charge < -0.3 is 46.2 Å². The third-order valence-electron chi connectivity index (χ3n) is 4.37. The molecule has 3 heterocycles. The van der Waals surface area contributed by atoms with Crippen LogP contribution in [0.4, 0.5) is 5.95 Å². The molecule has 1 fully saturated rings. The Morgan fingerprint density at radius 2 is 1.89 bits per heavy atom. The van der Waals surface area contributed by atoms with Gasteiger partial charge in [0.25, 0.3) is 11.3 Å². The van der Waals surface area contributed by atoms with Crippen molar-refractivity contribution in [3.8, 4) is 0 Å². The maximum atomic E-state index is 12.9. The van der Waals surface area contributed by atoms with Gasteiger partial charge in [0.15, 0.2) is 17.4 Å². The van der Waals surface area contributed by atoms with Crippen molar-refractivity contribution in [2.45, 2.75) is 43.2 Å². The number of imidazole rings is 1. The molecule has 0 radical (unpaired) electrons. The van der Waals surface area contributed by atoms with E-state index in [2.05, 4.69) is 9.97 Å². The first kappa shape index (κ1) is 20.4. The summed E-state index contributed by atoms with van der Waals surface area (Å²) in [5, 5.41) is 66.0. The number of hydrogen-bond acceptors (Lipinski definition) is 12. The van der Waals surface area contributed by atoms with Gasteiger partial charge in [-0.2, -0.15) is 4.98 Å². The van der Waals surface area contributed by atoms with E-state index in [0.717, 1.165) is 0 Å². The summed E-state index contributed by atoms with van der Waals surface area (Å²) in [6.07, 6.45) is -3.57. The summed E-state index contributed by atoms with van der Waals surface area (Å²) >= 11 is 0. The van der Waals surface area contributed by atoms with Gasteiger partial charge in [-0.3, -0.25) is 14.3 Å². The molecule has 0 amide bonds. The number of nitrogens with one attached hydrogen (secondary N) is 1. The van der Waals surface area contributed by atoms with Crippen LogP contribution >= 0.6 is 0 Å². The largest absolute Gasteiger partial charge is 0.394 e. The molecule has 0 bridgehead atoms. The van der Waals surface area contributed by atoms with E-state index in [1.807, 2.05) is 0 Å². The zero-order chi connectivity index (χ0) is 21.0. The second-order valence-electron chi connectivity index (χ2n) is 6.45. The molecule has 15 heteroatoms. The molecule has 3 atom stereocenters. The highest BCUT2D eigenvalue weighted by Crippen LogP contribution is 2.30. The predicted octanol–water partition coefficient (Wildman–Crippen LogP) is -5.58. The van der Waals surface area contributed by atoms with Crippen molar-refractivity contribution in [1.82, 2.24) is 19.1 Å². The Bertz CT molecular complexity index is 1000. The van der Waals surface area contributed by atoms with Gasteiger partial charge in [-0.1, -0.05) is 0 Å². The Morgan fingerprint density at radius 3 is 2.43 bits per heavy atom. The summed E-state index contributed by atoms with van der Waals surface area (Å²) in [5.74, 6) is -8.12. The molecule has 1 saturated heterocycles. The number of ether oxygens (including phenoxy) is 1. The minimum absolute atomic E-state index is 0.0457. The average molecular weight is 405 g/mol. The van der Waals surface area contributed by atoms with Gasteiger partial charge in [0.1, 0.15) is 6.10 Å². The summed E-state index contributed by atoms with van der Waals surface area (Å²) in [6, 6.07) is 0. The SMILES string of the molecule is Nc1nc2c(c(=O)[nH]1)n(CC(O)(O)C(O)(O)O)c(=O)n2C1OC(CO)CC1O. The lowest BCUT2D eigenvalue weighted by Gasteiger charge is -2.29.